The van der Waals surface area contributed by atoms with Crippen LogP contribution in [0.1, 0.15) is 80.1 Å². The Bertz CT molecular complexity index is 1640. The third-order valence-corrected chi connectivity index (χ3v) is 15.7. The maximum absolute atomic E-state index is 12.2. The van der Waals surface area contributed by atoms with E-state index in [1.54, 1.807) is 0 Å². The van der Waals surface area contributed by atoms with Crippen LogP contribution in [-0.4, -0.2) is 147 Å². The number of fused-ring (bicyclic) bond motifs is 7. The number of aliphatic hydroxyl groups is 6. The maximum atomic E-state index is 12.2. The fourth-order valence-corrected chi connectivity index (χ4v) is 12.9. The van der Waals surface area contributed by atoms with Crippen molar-refractivity contribution in [3.63, 3.8) is 0 Å². The molecule has 7 fully saturated rings. The van der Waals surface area contributed by atoms with Gasteiger partial charge in [0.05, 0.1) is 37.6 Å². The van der Waals surface area contributed by atoms with Crippen molar-refractivity contribution in [1.29, 1.82) is 0 Å². The van der Waals surface area contributed by atoms with Crippen LogP contribution in [0.3, 0.4) is 0 Å². The van der Waals surface area contributed by atoms with Crippen LogP contribution >= 0.6 is 0 Å². The molecule has 8 rings (SSSR count). The molecular formula is C42H62O16. The van der Waals surface area contributed by atoms with E-state index in [4.69, 9.17) is 37.9 Å². The van der Waals surface area contributed by atoms with E-state index in [-0.39, 0.29) is 60.7 Å². The fraction of sp³-hybridized carbons (Fsp3) is 0.857. The summed E-state index contributed by atoms with van der Waals surface area (Å²) in [5.41, 5.74) is 0.836. The molecule has 22 atom stereocenters. The van der Waals surface area contributed by atoms with Crippen molar-refractivity contribution in [1.82, 2.24) is 0 Å². The van der Waals surface area contributed by atoms with Gasteiger partial charge in [-0.2, -0.15) is 0 Å². The lowest BCUT2D eigenvalue weighted by atomic mass is 9.46. The molecule has 0 aromatic heterocycles. The van der Waals surface area contributed by atoms with Crippen LogP contribution in [0.5, 0.6) is 0 Å². The topological polar surface area (TPSA) is 229 Å². The lowest BCUT2D eigenvalue weighted by Crippen LogP contribution is -2.64. The number of rotatable bonds is 6. The number of carbonyl (C=O) groups is 2. The first kappa shape index (κ1) is 42.6. The summed E-state index contributed by atoms with van der Waals surface area (Å²) in [6.45, 7) is 14.1. The second kappa shape index (κ2) is 15.4. The molecule has 16 heteroatoms. The van der Waals surface area contributed by atoms with Gasteiger partial charge in [-0.1, -0.05) is 39.0 Å². The van der Waals surface area contributed by atoms with Gasteiger partial charge in [-0.05, 0) is 73.7 Å². The van der Waals surface area contributed by atoms with Gasteiger partial charge in [0.25, 0.3) is 0 Å². The molecule has 4 aliphatic carbocycles. The molecule has 0 aromatic rings. The van der Waals surface area contributed by atoms with Crippen LogP contribution in [0.4, 0.5) is 0 Å². The number of allylic oxidation sites excluding steroid dienone is 1. The molecule has 3 saturated carbocycles. The Morgan fingerprint density at radius 2 is 1.60 bits per heavy atom. The van der Waals surface area contributed by atoms with E-state index in [2.05, 4.69) is 33.4 Å². The summed E-state index contributed by atoms with van der Waals surface area (Å²) in [5, 5.41) is 66.4. The van der Waals surface area contributed by atoms with Gasteiger partial charge in [-0.3, -0.25) is 9.59 Å². The summed E-state index contributed by atoms with van der Waals surface area (Å²) in [6.07, 6.45) is -9.70. The van der Waals surface area contributed by atoms with Crippen molar-refractivity contribution >= 4 is 11.9 Å². The Kier molecular flexibility index (Phi) is 11.3. The van der Waals surface area contributed by atoms with Crippen LogP contribution < -0.4 is 0 Å². The Balaban J connectivity index is 1.05. The van der Waals surface area contributed by atoms with E-state index < -0.39 is 103 Å². The van der Waals surface area contributed by atoms with Gasteiger partial charge < -0.3 is 68.5 Å². The summed E-state index contributed by atoms with van der Waals surface area (Å²) in [5.74, 6) is -2.23. The van der Waals surface area contributed by atoms with Gasteiger partial charge >= 0.3 is 11.9 Å². The van der Waals surface area contributed by atoms with E-state index in [1.807, 2.05) is 0 Å². The van der Waals surface area contributed by atoms with E-state index in [1.165, 1.54) is 6.92 Å². The van der Waals surface area contributed by atoms with Gasteiger partial charge in [0, 0.05) is 31.6 Å². The zero-order valence-electron chi connectivity index (χ0n) is 34.2. The number of hydrogen-bond donors (Lipinski definition) is 6. The molecule has 16 nitrogen and oxygen atoms in total. The van der Waals surface area contributed by atoms with E-state index in [9.17, 15) is 40.2 Å². The molecule has 0 unspecified atom stereocenters. The zero-order chi connectivity index (χ0) is 41.8. The maximum Gasteiger partial charge on any atom is 0.303 e. The third kappa shape index (κ3) is 6.64. The third-order valence-electron chi connectivity index (χ3n) is 15.7. The lowest BCUT2D eigenvalue weighted by Gasteiger charge is -2.60. The number of aliphatic hydroxyl groups excluding tert-OH is 6. The summed E-state index contributed by atoms with van der Waals surface area (Å²) >= 11 is 0. The summed E-state index contributed by atoms with van der Waals surface area (Å²) < 4.78 is 49.0. The Morgan fingerprint density at radius 1 is 0.897 bits per heavy atom. The molecule has 0 radical (unpaired) electrons. The number of ether oxygens (including phenoxy) is 8. The average molecular weight is 823 g/mol. The molecular weight excluding hydrogens is 760 g/mol. The highest BCUT2D eigenvalue weighted by atomic mass is 16.8. The molecule has 6 N–H and O–H groups in total. The Hall–Kier alpha value is -2.06. The average Bonchev–Trinajstić information content (AvgIpc) is 3.62. The van der Waals surface area contributed by atoms with Crippen molar-refractivity contribution in [2.24, 2.45) is 40.4 Å². The standard InChI is InChI=1S/C42H62O16/c1-17-15-52-42(37(50)31(17)47)18(2)30-28(58-42)14-26-24-9-8-22-12-23(45)13-29(41(22,7)25(24)10-11-40(26,30)6)56-38-35(33(49)27(46)16-51-38)57-39-36(55-21(5)44)34(54-20(4)43)32(48)19(3)53-39/h8,18-19,23-39,45-50H,1,9-16H2,2-7H3/t18-,19-,23+,24+,25-,26-,27-,28-,29+,30-,31-,32-,33-,34+,35+,36+,37+,38-,39-,40-,41-,42-/m0/s1. The highest BCUT2D eigenvalue weighted by Gasteiger charge is 2.71. The lowest BCUT2D eigenvalue weighted by molar-refractivity contribution is -0.363. The second-order valence-corrected chi connectivity index (χ2v) is 18.9. The fourth-order valence-electron chi connectivity index (χ4n) is 12.9. The largest absolute Gasteiger partial charge is 0.455 e. The molecule has 0 bridgehead atoms. The zero-order valence-corrected chi connectivity index (χ0v) is 34.2. The summed E-state index contributed by atoms with van der Waals surface area (Å²) in [7, 11) is 0. The molecule has 4 heterocycles. The van der Waals surface area contributed by atoms with Gasteiger partial charge in [-0.25, -0.2) is 0 Å². The number of esters is 2. The van der Waals surface area contributed by atoms with Crippen molar-refractivity contribution < 1.29 is 78.1 Å². The summed E-state index contributed by atoms with van der Waals surface area (Å²) in [6, 6.07) is 0. The van der Waals surface area contributed by atoms with E-state index >= 15 is 0 Å². The van der Waals surface area contributed by atoms with Crippen LogP contribution in [0.15, 0.2) is 23.8 Å². The minimum atomic E-state index is -1.55. The smallest absolute Gasteiger partial charge is 0.303 e. The monoisotopic (exact) mass is 822 g/mol. The van der Waals surface area contributed by atoms with Gasteiger partial charge in [0.15, 0.2) is 24.8 Å². The normalized spacial score (nSPS) is 53.8. The molecule has 4 saturated heterocycles. The van der Waals surface area contributed by atoms with Crippen LogP contribution in [0.2, 0.25) is 0 Å². The highest BCUT2D eigenvalue weighted by molar-refractivity contribution is 5.67. The SMILES string of the molecule is C=C1CO[C@@]2(O[C@H]3C[C@H]4[C@@H]5CC=C6C[C@@H](O)C[C@@H](O[C@@H]7OC[C@H](O)[C@H](O)[C@H]7O[C@@H]7O[C@@H](C)[C@H](O)[C@@H](OC(C)=O)[C@H]7OC(C)=O)[C@]6(C)[C@H]5CC[C@]4(C)[C@H]3[C@@H]2C)[C@H](O)[C@H]1O. The molecule has 326 valence electrons. The van der Waals surface area contributed by atoms with Crippen molar-refractivity contribution in [2.45, 2.75) is 172 Å². The molecule has 1 spiro atoms. The Morgan fingerprint density at radius 3 is 2.31 bits per heavy atom. The number of hydrogen-bond acceptors (Lipinski definition) is 16. The van der Waals surface area contributed by atoms with Gasteiger partial charge in [0.2, 0.25) is 5.79 Å². The number of carbonyl (C=O) groups excluding carboxylic acids is 2. The minimum absolute atomic E-state index is 0.0913. The van der Waals surface area contributed by atoms with Crippen molar-refractivity contribution in [3.8, 4) is 0 Å². The molecule has 0 amide bonds. The van der Waals surface area contributed by atoms with E-state index in [0.717, 1.165) is 45.1 Å². The van der Waals surface area contributed by atoms with Gasteiger partial charge in [0.1, 0.15) is 36.6 Å². The van der Waals surface area contributed by atoms with Gasteiger partial charge in [-0.15, -0.1) is 0 Å². The predicted octanol–water partition coefficient (Wildman–Crippen LogP) is 1.00. The quantitative estimate of drug-likeness (QED) is 0.162. The molecule has 58 heavy (non-hydrogen) atoms. The van der Waals surface area contributed by atoms with Crippen LogP contribution in [-0.2, 0) is 47.5 Å². The van der Waals surface area contributed by atoms with Crippen LogP contribution in [0, 0.1) is 40.4 Å². The first-order chi connectivity index (χ1) is 27.3. The molecule has 0 aromatic carbocycles. The van der Waals surface area contributed by atoms with Crippen molar-refractivity contribution in [2.75, 3.05) is 13.2 Å². The first-order valence-corrected chi connectivity index (χ1v) is 21.0. The first-order valence-electron chi connectivity index (χ1n) is 21.0. The molecule has 8 aliphatic rings. The summed E-state index contributed by atoms with van der Waals surface area (Å²) in [4.78, 5) is 24.3. The van der Waals surface area contributed by atoms with Crippen LogP contribution in [0.25, 0.3) is 0 Å². The Labute approximate surface area is 338 Å². The minimum Gasteiger partial charge on any atom is -0.455 e. The second-order valence-electron chi connectivity index (χ2n) is 18.9. The predicted molar refractivity (Wildman–Crippen MR) is 199 cm³/mol. The van der Waals surface area contributed by atoms with E-state index in [0.29, 0.717) is 12.0 Å². The highest BCUT2D eigenvalue weighted by Crippen LogP contribution is 2.71. The molecule has 4 aliphatic heterocycles. The van der Waals surface area contributed by atoms with Crippen molar-refractivity contribution in [3.05, 3.63) is 23.8 Å².